The number of hydrogen-bond donors (Lipinski definition) is 1. The minimum atomic E-state index is -0.630. The van der Waals surface area contributed by atoms with Crippen molar-refractivity contribution in [2.24, 2.45) is 0 Å². The normalized spacial score (nSPS) is 13.1. The first-order chi connectivity index (χ1) is 12.6. The molecule has 2 aromatic heterocycles. The van der Waals surface area contributed by atoms with Crippen LogP contribution >= 0.6 is 0 Å². The number of carbonyl (C=O) groups is 2. The Labute approximate surface area is 147 Å². The van der Waals surface area contributed by atoms with Gasteiger partial charge < -0.3 is 9.73 Å². The summed E-state index contributed by atoms with van der Waals surface area (Å²) in [6, 6.07) is 12.1. The third kappa shape index (κ3) is 2.79. The largest absolute Gasteiger partial charge is 0.467 e. The minimum Gasteiger partial charge on any atom is -0.467 e. The standard InChI is InChI=1S/C17H15N5O4/c23-15(18-9-13-7-4-8-26-13)11-21-16(24)19-14-10-20(17(25)22(14)21)12-5-2-1-3-6-12/h1-8H,9-11H2,(H,18,23). The highest BCUT2D eigenvalue weighted by molar-refractivity contribution is 5.95. The first-order valence-corrected chi connectivity index (χ1v) is 7.98. The van der Waals surface area contributed by atoms with Crippen LogP contribution in [-0.4, -0.2) is 26.3 Å². The van der Waals surface area contributed by atoms with Gasteiger partial charge in [0.15, 0.2) is 5.82 Å². The summed E-state index contributed by atoms with van der Waals surface area (Å²) in [6.07, 6.45) is 1.51. The summed E-state index contributed by atoms with van der Waals surface area (Å²) in [6.45, 7) is 0.0751. The molecule has 0 aliphatic carbocycles. The number of nitrogens with one attached hydrogen (secondary N) is 1. The van der Waals surface area contributed by atoms with Gasteiger partial charge in [0.1, 0.15) is 12.3 Å². The molecule has 0 atom stereocenters. The summed E-state index contributed by atoms with van der Waals surface area (Å²) in [5.74, 6) is 0.482. The van der Waals surface area contributed by atoms with Gasteiger partial charge in [-0.25, -0.2) is 14.3 Å². The lowest BCUT2D eigenvalue weighted by molar-refractivity contribution is -0.122. The summed E-state index contributed by atoms with van der Waals surface area (Å²) in [5.41, 5.74) is 0.0680. The molecule has 4 rings (SSSR count). The number of aromatic nitrogens is 3. The van der Waals surface area contributed by atoms with E-state index in [1.165, 1.54) is 11.2 Å². The van der Waals surface area contributed by atoms with E-state index in [1.807, 2.05) is 18.2 Å². The van der Waals surface area contributed by atoms with Gasteiger partial charge in [0.05, 0.1) is 19.4 Å². The molecule has 132 valence electrons. The van der Waals surface area contributed by atoms with Crippen LogP contribution in [0.15, 0.2) is 57.9 Å². The van der Waals surface area contributed by atoms with Gasteiger partial charge >= 0.3 is 11.7 Å². The summed E-state index contributed by atoms with van der Waals surface area (Å²) in [5, 5.41) is 2.64. The van der Waals surface area contributed by atoms with Crippen molar-refractivity contribution in [2.75, 3.05) is 4.90 Å². The lowest BCUT2D eigenvalue weighted by Crippen LogP contribution is -2.38. The van der Waals surface area contributed by atoms with Crippen LogP contribution in [0.4, 0.5) is 10.5 Å². The van der Waals surface area contributed by atoms with E-state index in [2.05, 4.69) is 10.3 Å². The third-order valence-corrected chi connectivity index (χ3v) is 4.04. The van der Waals surface area contributed by atoms with Crippen LogP contribution in [0.2, 0.25) is 0 Å². The molecule has 26 heavy (non-hydrogen) atoms. The molecule has 0 unspecified atom stereocenters. The maximum Gasteiger partial charge on any atom is 0.365 e. The van der Waals surface area contributed by atoms with E-state index in [0.29, 0.717) is 17.3 Å². The van der Waals surface area contributed by atoms with Crippen molar-refractivity contribution in [1.29, 1.82) is 0 Å². The Morgan fingerprint density at radius 2 is 1.96 bits per heavy atom. The number of rotatable bonds is 5. The molecule has 0 bridgehead atoms. The fraction of sp³-hybridized carbons (Fsp3) is 0.176. The molecular formula is C17H15N5O4. The van der Waals surface area contributed by atoms with Crippen molar-refractivity contribution >= 4 is 17.6 Å². The Balaban J connectivity index is 1.52. The Kier molecular flexibility index (Phi) is 3.88. The molecular weight excluding hydrogens is 338 g/mol. The summed E-state index contributed by atoms with van der Waals surface area (Å²) in [7, 11) is 0. The molecule has 3 heterocycles. The summed E-state index contributed by atoms with van der Waals surface area (Å²) >= 11 is 0. The molecule has 1 aromatic carbocycles. The molecule has 9 heteroatoms. The minimum absolute atomic E-state index is 0.180. The Hall–Kier alpha value is -3.62. The van der Waals surface area contributed by atoms with Crippen LogP contribution in [0.5, 0.6) is 0 Å². The summed E-state index contributed by atoms with van der Waals surface area (Å²) in [4.78, 5) is 42.3. The Bertz CT molecular complexity index is 1000. The molecule has 0 radical (unpaired) electrons. The van der Waals surface area contributed by atoms with Crippen molar-refractivity contribution < 1.29 is 14.0 Å². The third-order valence-electron chi connectivity index (χ3n) is 4.04. The number of carbonyl (C=O) groups excluding carboxylic acids is 2. The summed E-state index contributed by atoms with van der Waals surface area (Å²) < 4.78 is 7.33. The molecule has 0 fully saturated rings. The van der Waals surface area contributed by atoms with Crippen molar-refractivity contribution in [3.63, 3.8) is 0 Å². The van der Waals surface area contributed by atoms with E-state index >= 15 is 0 Å². The van der Waals surface area contributed by atoms with E-state index in [4.69, 9.17) is 4.42 Å². The van der Waals surface area contributed by atoms with E-state index in [1.54, 1.807) is 24.3 Å². The van der Waals surface area contributed by atoms with Gasteiger partial charge in [-0.1, -0.05) is 18.2 Å². The zero-order valence-electron chi connectivity index (χ0n) is 13.7. The molecule has 0 spiro atoms. The van der Waals surface area contributed by atoms with Gasteiger partial charge in [-0.3, -0.25) is 9.69 Å². The average Bonchev–Trinajstić information content (AvgIpc) is 3.34. The SMILES string of the molecule is O=C(Cn1c(=O)nc2n1C(=O)N(c1ccccc1)C2)NCc1ccco1. The molecule has 1 aliphatic heterocycles. The smallest absolute Gasteiger partial charge is 0.365 e. The van der Waals surface area contributed by atoms with Crippen molar-refractivity contribution in [3.8, 4) is 0 Å². The second-order valence-corrected chi connectivity index (χ2v) is 5.74. The molecule has 3 aromatic rings. The zero-order chi connectivity index (χ0) is 18.1. The lowest BCUT2D eigenvalue weighted by atomic mass is 10.3. The second kappa shape index (κ2) is 6.36. The van der Waals surface area contributed by atoms with Crippen LogP contribution in [0.1, 0.15) is 11.6 Å². The van der Waals surface area contributed by atoms with Crippen LogP contribution in [-0.2, 0) is 24.4 Å². The predicted molar refractivity (Wildman–Crippen MR) is 90.5 cm³/mol. The van der Waals surface area contributed by atoms with Gasteiger partial charge in [0.2, 0.25) is 5.91 Å². The maximum absolute atomic E-state index is 12.7. The van der Waals surface area contributed by atoms with E-state index in [9.17, 15) is 14.4 Å². The van der Waals surface area contributed by atoms with Crippen LogP contribution in [0.3, 0.4) is 0 Å². The van der Waals surface area contributed by atoms with Crippen LogP contribution < -0.4 is 15.9 Å². The molecule has 1 N–H and O–H groups in total. The van der Waals surface area contributed by atoms with E-state index in [-0.39, 0.29) is 19.6 Å². The second-order valence-electron chi connectivity index (χ2n) is 5.74. The van der Waals surface area contributed by atoms with Crippen molar-refractivity contribution in [2.45, 2.75) is 19.6 Å². The lowest BCUT2D eigenvalue weighted by Gasteiger charge is -2.15. The quantitative estimate of drug-likeness (QED) is 0.735. The van der Waals surface area contributed by atoms with Gasteiger partial charge in [-0.15, -0.1) is 0 Å². The molecule has 9 nitrogen and oxygen atoms in total. The highest BCUT2D eigenvalue weighted by Crippen LogP contribution is 2.22. The average molecular weight is 353 g/mol. The van der Waals surface area contributed by atoms with Crippen LogP contribution in [0, 0.1) is 0 Å². The number of fused-ring (bicyclic) bond motifs is 1. The highest BCUT2D eigenvalue weighted by atomic mass is 16.3. The number of furan rings is 1. The van der Waals surface area contributed by atoms with Crippen molar-refractivity contribution in [1.82, 2.24) is 19.7 Å². The van der Waals surface area contributed by atoms with Crippen LogP contribution in [0.25, 0.3) is 0 Å². The number of anilines is 1. The molecule has 1 aliphatic rings. The number of hydrogen-bond acceptors (Lipinski definition) is 5. The fourth-order valence-corrected chi connectivity index (χ4v) is 2.82. The van der Waals surface area contributed by atoms with Gasteiger partial charge in [0.25, 0.3) is 0 Å². The first kappa shape index (κ1) is 15.9. The Morgan fingerprint density at radius 1 is 1.15 bits per heavy atom. The number of amides is 2. The molecule has 2 amide bonds. The first-order valence-electron chi connectivity index (χ1n) is 7.98. The number of benzene rings is 1. The zero-order valence-corrected chi connectivity index (χ0v) is 13.7. The van der Waals surface area contributed by atoms with Crippen molar-refractivity contribution in [3.05, 3.63) is 70.8 Å². The fourth-order valence-electron chi connectivity index (χ4n) is 2.82. The van der Waals surface area contributed by atoms with Gasteiger partial charge in [-0.2, -0.15) is 9.67 Å². The van der Waals surface area contributed by atoms with E-state index in [0.717, 1.165) is 9.36 Å². The van der Waals surface area contributed by atoms with E-state index < -0.39 is 17.6 Å². The monoisotopic (exact) mass is 353 g/mol. The highest BCUT2D eigenvalue weighted by Gasteiger charge is 2.33. The molecule has 0 saturated carbocycles. The Morgan fingerprint density at radius 3 is 2.69 bits per heavy atom. The molecule has 0 saturated heterocycles. The number of nitrogens with zero attached hydrogens (tertiary/aromatic N) is 4. The van der Waals surface area contributed by atoms with Gasteiger partial charge in [-0.05, 0) is 24.3 Å². The number of para-hydroxylation sites is 1. The maximum atomic E-state index is 12.7. The van der Waals surface area contributed by atoms with Gasteiger partial charge in [0, 0.05) is 5.69 Å². The topological polar surface area (TPSA) is 102 Å². The predicted octanol–water partition coefficient (Wildman–Crippen LogP) is 0.942.